The van der Waals surface area contributed by atoms with Crippen LogP contribution in [0.25, 0.3) is 6.08 Å². The lowest BCUT2D eigenvalue weighted by Crippen LogP contribution is -2.52. The van der Waals surface area contributed by atoms with Gasteiger partial charge in [0.05, 0.1) is 6.04 Å². The standard InChI is InChI=1S/C26H31N3O4/c1-18(8-6-9-20-13-15-27-16-14-20)19(2)28-25(32)23(30)24(31)26(33)29-17-7-12-22(29)21-10-4-3-5-11-21/h3-6,8-11,13-16,19,22-24,30-31H,7,12,17H2,1-2H3,(H,28,32)/b9-6+,18-8+/t19-,22?,23-,24-/m1/s1. The van der Waals surface area contributed by atoms with Crippen molar-refractivity contribution in [3.8, 4) is 0 Å². The van der Waals surface area contributed by atoms with Crippen LogP contribution < -0.4 is 5.32 Å². The Morgan fingerprint density at radius 2 is 1.82 bits per heavy atom. The molecule has 1 aliphatic rings. The average molecular weight is 450 g/mol. The molecule has 1 aromatic heterocycles. The highest BCUT2D eigenvalue weighted by atomic mass is 16.3. The number of aliphatic hydroxyl groups excluding tert-OH is 2. The van der Waals surface area contributed by atoms with Gasteiger partial charge in [-0.3, -0.25) is 14.6 Å². The van der Waals surface area contributed by atoms with Crippen LogP contribution in [0.4, 0.5) is 0 Å². The minimum absolute atomic E-state index is 0.167. The van der Waals surface area contributed by atoms with Crippen molar-refractivity contribution < 1.29 is 19.8 Å². The van der Waals surface area contributed by atoms with E-state index in [2.05, 4.69) is 10.3 Å². The van der Waals surface area contributed by atoms with Gasteiger partial charge in [0.15, 0.2) is 12.2 Å². The van der Waals surface area contributed by atoms with Crippen molar-refractivity contribution in [2.75, 3.05) is 6.54 Å². The van der Waals surface area contributed by atoms with Crippen molar-refractivity contribution in [2.24, 2.45) is 0 Å². The predicted octanol–water partition coefficient (Wildman–Crippen LogP) is 2.63. The van der Waals surface area contributed by atoms with Gasteiger partial charge in [-0.15, -0.1) is 0 Å². The van der Waals surface area contributed by atoms with Crippen molar-refractivity contribution in [1.29, 1.82) is 0 Å². The van der Waals surface area contributed by atoms with Crippen molar-refractivity contribution in [1.82, 2.24) is 15.2 Å². The second kappa shape index (κ2) is 11.5. The molecule has 174 valence electrons. The van der Waals surface area contributed by atoms with Crippen LogP contribution in [0.3, 0.4) is 0 Å². The normalized spacial score (nSPS) is 19.3. The van der Waals surface area contributed by atoms with Crippen LogP contribution >= 0.6 is 0 Å². The molecule has 7 heteroatoms. The van der Waals surface area contributed by atoms with Gasteiger partial charge in [-0.25, -0.2) is 0 Å². The molecule has 2 amide bonds. The maximum absolute atomic E-state index is 12.9. The fourth-order valence-electron chi connectivity index (χ4n) is 3.84. The summed E-state index contributed by atoms with van der Waals surface area (Å²) in [5.41, 5.74) is 2.83. The number of nitrogens with zero attached hydrogens (tertiary/aromatic N) is 2. The molecule has 1 saturated heterocycles. The summed E-state index contributed by atoms with van der Waals surface area (Å²) < 4.78 is 0. The molecule has 33 heavy (non-hydrogen) atoms. The molecule has 0 radical (unpaired) electrons. The van der Waals surface area contributed by atoms with E-state index in [-0.39, 0.29) is 12.1 Å². The fourth-order valence-corrected chi connectivity index (χ4v) is 3.84. The smallest absolute Gasteiger partial charge is 0.255 e. The monoisotopic (exact) mass is 449 g/mol. The Balaban J connectivity index is 1.57. The van der Waals surface area contributed by atoms with Gasteiger partial charge in [-0.05, 0) is 49.9 Å². The minimum Gasteiger partial charge on any atom is -0.380 e. The Hall–Kier alpha value is -3.29. The number of pyridine rings is 1. The number of hydrogen-bond donors (Lipinski definition) is 3. The van der Waals surface area contributed by atoms with Gasteiger partial charge < -0.3 is 20.4 Å². The molecule has 7 nitrogen and oxygen atoms in total. The second-order valence-corrected chi connectivity index (χ2v) is 8.27. The zero-order valence-electron chi connectivity index (χ0n) is 19.0. The number of allylic oxidation sites excluding steroid dienone is 2. The van der Waals surface area contributed by atoms with Crippen molar-refractivity contribution in [3.63, 3.8) is 0 Å². The molecule has 0 saturated carbocycles. The highest BCUT2D eigenvalue weighted by molar-refractivity contribution is 5.91. The summed E-state index contributed by atoms with van der Waals surface area (Å²) >= 11 is 0. The Morgan fingerprint density at radius 1 is 1.12 bits per heavy atom. The maximum atomic E-state index is 12.9. The zero-order chi connectivity index (χ0) is 23.8. The molecule has 1 unspecified atom stereocenters. The number of benzene rings is 1. The van der Waals surface area contributed by atoms with Crippen molar-refractivity contribution in [2.45, 2.75) is 51.0 Å². The number of aliphatic hydroxyl groups is 2. The lowest BCUT2D eigenvalue weighted by Gasteiger charge is -2.29. The average Bonchev–Trinajstić information content (AvgIpc) is 3.33. The van der Waals surface area contributed by atoms with Crippen LogP contribution in [-0.2, 0) is 9.59 Å². The molecular formula is C26H31N3O4. The van der Waals surface area contributed by atoms with Gasteiger partial charge in [-0.1, -0.05) is 54.1 Å². The largest absolute Gasteiger partial charge is 0.380 e. The predicted molar refractivity (Wildman–Crippen MR) is 127 cm³/mol. The summed E-state index contributed by atoms with van der Waals surface area (Å²) in [7, 11) is 0. The third kappa shape index (κ3) is 6.37. The van der Waals surface area contributed by atoms with E-state index in [4.69, 9.17) is 0 Å². The van der Waals surface area contributed by atoms with Gasteiger partial charge in [-0.2, -0.15) is 0 Å². The molecule has 2 heterocycles. The molecule has 1 aliphatic heterocycles. The van der Waals surface area contributed by atoms with E-state index in [1.54, 1.807) is 24.2 Å². The molecule has 4 atom stereocenters. The van der Waals surface area contributed by atoms with E-state index >= 15 is 0 Å². The van der Waals surface area contributed by atoms with Gasteiger partial charge in [0.25, 0.3) is 11.8 Å². The SMILES string of the molecule is C/C(=C\C=C\c1ccncc1)[C@@H](C)NC(=O)[C@H](O)[C@@H](O)C(=O)N1CCCC1c1ccccc1. The number of likely N-dealkylation sites (tertiary alicyclic amines) is 1. The maximum Gasteiger partial charge on any atom is 0.255 e. The topological polar surface area (TPSA) is 103 Å². The molecule has 0 bridgehead atoms. The summed E-state index contributed by atoms with van der Waals surface area (Å²) in [4.78, 5) is 30.9. The van der Waals surface area contributed by atoms with E-state index in [0.717, 1.165) is 29.5 Å². The number of rotatable bonds is 8. The lowest BCUT2D eigenvalue weighted by atomic mass is 10.0. The van der Waals surface area contributed by atoms with Crippen LogP contribution in [-0.4, -0.2) is 56.7 Å². The molecule has 0 aliphatic carbocycles. The Labute approximate surface area is 194 Å². The van der Waals surface area contributed by atoms with Gasteiger partial charge in [0, 0.05) is 25.0 Å². The van der Waals surface area contributed by atoms with Crippen LogP contribution in [0.2, 0.25) is 0 Å². The highest BCUT2D eigenvalue weighted by Gasteiger charge is 2.38. The van der Waals surface area contributed by atoms with Gasteiger partial charge >= 0.3 is 0 Å². The highest BCUT2D eigenvalue weighted by Crippen LogP contribution is 2.32. The molecule has 1 fully saturated rings. The second-order valence-electron chi connectivity index (χ2n) is 8.27. The van der Waals surface area contributed by atoms with E-state index in [1.165, 1.54) is 0 Å². The number of amides is 2. The first-order valence-corrected chi connectivity index (χ1v) is 11.2. The summed E-state index contributed by atoms with van der Waals surface area (Å²) in [6.45, 7) is 4.10. The van der Waals surface area contributed by atoms with Gasteiger partial charge in [0.1, 0.15) is 0 Å². The third-order valence-corrected chi connectivity index (χ3v) is 5.94. The number of aromatic nitrogens is 1. The van der Waals surface area contributed by atoms with E-state index in [0.29, 0.717) is 6.54 Å². The molecule has 3 rings (SSSR count). The summed E-state index contributed by atoms with van der Waals surface area (Å²) in [5, 5.41) is 23.5. The zero-order valence-corrected chi connectivity index (χ0v) is 19.0. The van der Waals surface area contributed by atoms with Crippen LogP contribution in [0, 0.1) is 0 Å². The molecule has 0 spiro atoms. The third-order valence-electron chi connectivity index (χ3n) is 5.94. The van der Waals surface area contributed by atoms with Gasteiger partial charge in [0.2, 0.25) is 0 Å². The Kier molecular flexibility index (Phi) is 8.52. The summed E-state index contributed by atoms with van der Waals surface area (Å²) in [5.74, 6) is -1.42. The van der Waals surface area contributed by atoms with Crippen LogP contribution in [0.5, 0.6) is 0 Å². The van der Waals surface area contributed by atoms with Crippen LogP contribution in [0.15, 0.2) is 72.6 Å². The number of carbonyl (C=O) groups is 2. The minimum atomic E-state index is -1.85. The molecular weight excluding hydrogens is 418 g/mol. The van der Waals surface area contributed by atoms with E-state index in [9.17, 15) is 19.8 Å². The van der Waals surface area contributed by atoms with Crippen molar-refractivity contribution in [3.05, 3.63) is 83.7 Å². The Morgan fingerprint density at radius 3 is 2.52 bits per heavy atom. The number of hydrogen-bond acceptors (Lipinski definition) is 5. The quantitative estimate of drug-likeness (QED) is 0.538. The Bertz CT molecular complexity index is 991. The van der Waals surface area contributed by atoms with Crippen molar-refractivity contribution >= 4 is 17.9 Å². The first-order chi connectivity index (χ1) is 15.9. The number of nitrogens with one attached hydrogen (secondary N) is 1. The molecule has 3 N–H and O–H groups in total. The molecule has 2 aromatic rings. The van der Waals surface area contributed by atoms with E-state index < -0.39 is 24.0 Å². The van der Waals surface area contributed by atoms with Crippen LogP contribution in [0.1, 0.15) is 43.9 Å². The molecule has 1 aromatic carbocycles. The van der Waals surface area contributed by atoms with E-state index in [1.807, 2.05) is 67.6 Å². The summed E-state index contributed by atoms with van der Waals surface area (Å²) in [6.07, 6.45) is 6.94. The fraction of sp³-hybridized carbons (Fsp3) is 0.346. The first-order valence-electron chi connectivity index (χ1n) is 11.2. The summed E-state index contributed by atoms with van der Waals surface area (Å²) in [6, 6.07) is 12.8. The first kappa shape index (κ1) is 24.4. The number of carbonyl (C=O) groups excluding carboxylic acids is 2. The lowest BCUT2D eigenvalue weighted by molar-refractivity contribution is -0.154.